The Hall–Kier alpha value is -2.10. The van der Waals surface area contributed by atoms with Crippen LogP contribution in [0.4, 0.5) is 5.69 Å². The molecule has 2 aromatic rings. The lowest BCUT2D eigenvalue weighted by Crippen LogP contribution is -1.93. The molecule has 1 N–H and O–H groups in total. The van der Waals surface area contributed by atoms with Gasteiger partial charge in [-0.3, -0.25) is 4.98 Å². The van der Waals surface area contributed by atoms with Crippen LogP contribution in [0.2, 0.25) is 0 Å². The van der Waals surface area contributed by atoms with Crippen molar-refractivity contribution < 1.29 is 4.74 Å². The predicted molar refractivity (Wildman–Crippen MR) is 62.8 cm³/mol. The summed E-state index contributed by atoms with van der Waals surface area (Å²) in [6, 6.07) is 7.44. The van der Waals surface area contributed by atoms with Crippen molar-refractivity contribution in [3.05, 3.63) is 42.4 Å². The summed E-state index contributed by atoms with van der Waals surface area (Å²) in [6.07, 6.45) is 3.46. The monoisotopic (exact) mass is 215 g/mol. The zero-order chi connectivity index (χ0) is 11.4. The van der Waals surface area contributed by atoms with Gasteiger partial charge >= 0.3 is 0 Å². The predicted octanol–water partition coefficient (Wildman–Crippen LogP) is 2.62. The van der Waals surface area contributed by atoms with E-state index < -0.39 is 0 Å². The van der Waals surface area contributed by atoms with E-state index in [4.69, 9.17) is 4.74 Å². The number of pyridine rings is 2. The van der Waals surface area contributed by atoms with Crippen LogP contribution in [0.15, 0.2) is 36.7 Å². The van der Waals surface area contributed by atoms with E-state index in [9.17, 15) is 0 Å². The minimum absolute atomic E-state index is 0.565. The van der Waals surface area contributed by atoms with Crippen molar-refractivity contribution in [2.45, 2.75) is 6.92 Å². The molecule has 0 radical (unpaired) electrons. The molecular weight excluding hydrogens is 202 g/mol. The van der Waals surface area contributed by atoms with E-state index in [1.165, 1.54) is 0 Å². The van der Waals surface area contributed by atoms with Gasteiger partial charge < -0.3 is 10.1 Å². The summed E-state index contributed by atoms with van der Waals surface area (Å²) in [5.41, 5.74) is 1.80. The average Bonchev–Trinajstić information content (AvgIpc) is 2.33. The highest BCUT2D eigenvalue weighted by atomic mass is 16.5. The van der Waals surface area contributed by atoms with Gasteiger partial charge in [-0.05, 0) is 25.1 Å². The first-order valence-electron chi connectivity index (χ1n) is 5.03. The molecular formula is C12H13N3O. The molecule has 0 aliphatic rings. The zero-order valence-electron chi connectivity index (χ0n) is 9.27. The van der Waals surface area contributed by atoms with Crippen LogP contribution in [0.1, 0.15) is 5.69 Å². The molecule has 4 nitrogen and oxygen atoms in total. The van der Waals surface area contributed by atoms with E-state index in [1.807, 2.05) is 38.2 Å². The van der Waals surface area contributed by atoms with Gasteiger partial charge in [0, 0.05) is 19.3 Å². The molecule has 2 heterocycles. The van der Waals surface area contributed by atoms with Crippen LogP contribution >= 0.6 is 0 Å². The van der Waals surface area contributed by atoms with E-state index >= 15 is 0 Å². The Labute approximate surface area is 94.3 Å². The maximum Gasteiger partial charge on any atom is 0.219 e. The van der Waals surface area contributed by atoms with Crippen molar-refractivity contribution in [3.8, 4) is 11.6 Å². The molecule has 0 atom stereocenters. The van der Waals surface area contributed by atoms with E-state index in [1.54, 1.807) is 12.4 Å². The van der Waals surface area contributed by atoms with E-state index in [0.29, 0.717) is 5.88 Å². The van der Waals surface area contributed by atoms with Gasteiger partial charge in [0.05, 0.1) is 17.6 Å². The van der Waals surface area contributed by atoms with Crippen molar-refractivity contribution >= 4 is 5.69 Å². The summed E-state index contributed by atoms with van der Waals surface area (Å²) in [5, 5.41) is 3.00. The second-order valence-corrected chi connectivity index (χ2v) is 3.32. The molecule has 2 rings (SSSR count). The number of aromatic nitrogens is 2. The molecule has 0 spiro atoms. The molecule has 0 saturated heterocycles. The summed E-state index contributed by atoms with van der Waals surface area (Å²) >= 11 is 0. The maximum atomic E-state index is 5.61. The van der Waals surface area contributed by atoms with Crippen LogP contribution in [-0.4, -0.2) is 17.0 Å². The van der Waals surface area contributed by atoms with Crippen LogP contribution in [0.3, 0.4) is 0 Å². The first kappa shape index (κ1) is 10.4. The molecule has 0 aliphatic carbocycles. The Morgan fingerprint density at radius 3 is 2.69 bits per heavy atom. The smallest absolute Gasteiger partial charge is 0.219 e. The third-order valence-electron chi connectivity index (χ3n) is 2.20. The van der Waals surface area contributed by atoms with Gasteiger partial charge in [-0.1, -0.05) is 0 Å². The largest absolute Gasteiger partial charge is 0.437 e. The topological polar surface area (TPSA) is 47.0 Å². The first-order chi connectivity index (χ1) is 7.79. The van der Waals surface area contributed by atoms with Crippen LogP contribution in [0, 0.1) is 6.92 Å². The number of aryl methyl sites for hydroxylation is 1. The van der Waals surface area contributed by atoms with Crippen LogP contribution in [0.5, 0.6) is 11.6 Å². The number of rotatable bonds is 3. The number of hydrogen-bond acceptors (Lipinski definition) is 4. The third kappa shape index (κ3) is 2.28. The van der Waals surface area contributed by atoms with Gasteiger partial charge in [0.1, 0.15) is 0 Å². The molecule has 4 heteroatoms. The van der Waals surface area contributed by atoms with Crippen LogP contribution in [0.25, 0.3) is 0 Å². The van der Waals surface area contributed by atoms with Gasteiger partial charge in [0.15, 0.2) is 5.75 Å². The number of nitrogens with zero attached hydrogens (tertiary/aromatic N) is 2. The van der Waals surface area contributed by atoms with E-state index in [0.717, 1.165) is 17.1 Å². The lowest BCUT2D eigenvalue weighted by molar-refractivity contribution is 0.457. The van der Waals surface area contributed by atoms with Crippen molar-refractivity contribution in [1.29, 1.82) is 0 Å². The van der Waals surface area contributed by atoms with Crippen molar-refractivity contribution in [2.75, 3.05) is 12.4 Å². The third-order valence-corrected chi connectivity index (χ3v) is 2.20. The average molecular weight is 215 g/mol. The van der Waals surface area contributed by atoms with Crippen LogP contribution < -0.4 is 10.1 Å². The molecule has 0 saturated carbocycles. The molecule has 0 bridgehead atoms. The normalized spacial score (nSPS) is 9.88. The van der Waals surface area contributed by atoms with E-state index in [2.05, 4.69) is 15.3 Å². The Morgan fingerprint density at radius 1 is 1.19 bits per heavy atom. The standard InChI is InChI=1S/C12H13N3O/c1-9-11(4-3-7-14-9)16-12-6-5-10(13-2)8-15-12/h3-8,13H,1-2H3. The number of anilines is 1. The second kappa shape index (κ2) is 4.61. The minimum Gasteiger partial charge on any atom is -0.437 e. The van der Waals surface area contributed by atoms with Gasteiger partial charge in [-0.2, -0.15) is 0 Å². The van der Waals surface area contributed by atoms with Crippen molar-refractivity contribution in [1.82, 2.24) is 9.97 Å². The Bertz CT molecular complexity index is 468. The highest BCUT2D eigenvalue weighted by Gasteiger charge is 2.01. The maximum absolute atomic E-state index is 5.61. The van der Waals surface area contributed by atoms with Gasteiger partial charge in [-0.25, -0.2) is 4.98 Å². The lowest BCUT2D eigenvalue weighted by Gasteiger charge is -2.07. The summed E-state index contributed by atoms with van der Waals surface area (Å²) in [5.74, 6) is 1.29. The molecule has 0 aromatic carbocycles. The molecule has 0 unspecified atom stereocenters. The number of ether oxygens (including phenoxy) is 1. The Morgan fingerprint density at radius 2 is 2.06 bits per heavy atom. The van der Waals surface area contributed by atoms with Crippen molar-refractivity contribution in [2.24, 2.45) is 0 Å². The van der Waals surface area contributed by atoms with Gasteiger partial charge in [0.2, 0.25) is 5.88 Å². The summed E-state index contributed by atoms with van der Waals surface area (Å²) < 4.78 is 5.61. The number of nitrogens with one attached hydrogen (secondary N) is 1. The molecule has 16 heavy (non-hydrogen) atoms. The SMILES string of the molecule is CNc1ccc(Oc2cccnc2C)nc1. The summed E-state index contributed by atoms with van der Waals surface area (Å²) in [6.45, 7) is 1.90. The quantitative estimate of drug-likeness (QED) is 0.855. The fourth-order valence-corrected chi connectivity index (χ4v) is 1.28. The van der Waals surface area contributed by atoms with Crippen molar-refractivity contribution in [3.63, 3.8) is 0 Å². The highest BCUT2D eigenvalue weighted by molar-refractivity contribution is 5.42. The fraction of sp³-hybridized carbons (Fsp3) is 0.167. The van der Waals surface area contributed by atoms with E-state index in [-0.39, 0.29) is 0 Å². The lowest BCUT2D eigenvalue weighted by atomic mass is 10.3. The molecule has 0 aliphatic heterocycles. The minimum atomic E-state index is 0.565. The van der Waals surface area contributed by atoms with Crippen LogP contribution in [-0.2, 0) is 0 Å². The molecule has 0 fully saturated rings. The second-order valence-electron chi connectivity index (χ2n) is 3.32. The fourth-order valence-electron chi connectivity index (χ4n) is 1.28. The Kier molecular flexibility index (Phi) is 3.00. The zero-order valence-corrected chi connectivity index (χ0v) is 9.27. The summed E-state index contributed by atoms with van der Waals surface area (Å²) in [7, 11) is 1.85. The number of hydrogen-bond donors (Lipinski definition) is 1. The highest BCUT2D eigenvalue weighted by Crippen LogP contribution is 2.21. The molecule has 82 valence electrons. The Balaban J connectivity index is 2.18. The summed E-state index contributed by atoms with van der Waals surface area (Å²) in [4.78, 5) is 8.32. The first-order valence-corrected chi connectivity index (χ1v) is 5.03. The van der Waals surface area contributed by atoms with Gasteiger partial charge in [0.25, 0.3) is 0 Å². The molecule has 0 amide bonds. The molecule has 2 aromatic heterocycles. The van der Waals surface area contributed by atoms with Gasteiger partial charge in [-0.15, -0.1) is 0 Å².